The molecule has 0 unspecified atom stereocenters. The van der Waals surface area contributed by atoms with E-state index in [9.17, 15) is 20.0 Å². The van der Waals surface area contributed by atoms with Gasteiger partial charge in [-0.3, -0.25) is 14.9 Å². The lowest BCUT2D eigenvalue weighted by molar-refractivity contribution is -0.384. The third-order valence-electron chi connectivity index (χ3n) is 2.84. The largest absolute Gasteiger partial charge is 0.391 e. The van der Waals surface area contributed by atoms with Gasteiger partial charge in [0.1, 0.15) is 5.02 Å². The Hall–Kier alpha value is -1.66. The summed E-state index contributed by atoms with van der Waals surface area (Å²) in [6.45, 7) is 0.766. The molecule has 1 aliphatic heterocycles. The number of rotatable bonds is 2. The Morgan fingerprint density at radius 3 is 2.78 bits per heavy atom. The molecule has 0 aromatic heterocycles. The van der Waals surface area contributed by atoms with Crippen LogP contribution in [-0.4, -0.2) is 40.0 Å². The Morgan fingerprint density at radius 1 is 1.56 bits per heavy atom. The van der Waals surface area contributed by atoms with Gasteiger partial charge >= 0.3 is 0 Å². The summed E-state index contributed by atoms with van der Waals surface area (Å²) < 4.78 is 0. The van der Waals surface area contributed by atoms with Crippen LogP contribution in [0.3, 0.4) is 0 Å². The molecule has 1 heterocycles. The fraction of sp³-hybridized carbons (Fsp3) is 0.364. The van der Waals surface area contributed by atoms with Crippen LogP contribution in [-0.2, 0) is 0 Å². The molecule has 6 nitrogen and oxygen atoms in total. The lowest BCUT2D eigenvalue weighted by atomic mass is 10.2. The second-order valence-electron chi connectivity index (χ2n) is 4.12. The highest BCUT2D eigenvalue weighted by Crippen LogP contribution is 2.26. The minimum atomic E-state index is -0.601. The summed E-state index contributed by atoms with van der Waals surface area (Å²) in [6.07, 6.45) is 0.0504. The van der Waals surface area contributed by atoms with E-state index in [0.29, 0.717) is 18.5 Å². The number of amides is 1. The van der Waals surface area contributed by atoms with Gasteiger partial charge in [-0.1, -0.05) is 11.6 Å². The van der Waals surface area contributed by atoms with Crippen LogP contribution in [0.5, 0.6) is 0 Å². The average molecular weight is 271 g/mol. The van der Waals surface area contributed by atoms with E-state index in [-0.39, 0.29) is 23.2 Å². The van der Waals surface area contributed by atoms with Crippen LogP contribution in [0, 0.1) is 10.1 Å². The van der Waals surface area contributed by atoms with Crippen LogP contribution in [0.4, 0.5) is 5.69 Å². The molecule has 0 bridgehead atoms. The van der Waals surface area contributed by atoms with Gasteiger partial charge in [0.25, 0.3) is 11.6 Å². The highest BCUT2D eigenvalue weighted by atomic mass is 35.5. The van der Waals surface area contributed by atoms with Gasteiger partial charge in [-0.25, -0.2) is 0 Å². The van der Waals surface area contributed by atoms with Crippen molar-refractivity contribution in [3.8, 4) is 0 Å². The second kappa shape index (κ2) is 4.91. The first kappa shape index (κ1) is 12.8. The first-order valence-corrected chi connectivity index (χ1v) is 5.78. The maximum Gasteiger partial charge on any atom is 0.287 e. The zero-order valence-corrected chi connectivity index (χ0v) is 10.1. The fourth-order valence-electron chi connectivity index (χ4n) is 1.90. The van der Waals surface area contributed by atoms with Gasteiger partial charge in [-0.15, -0.1) is 0 Å². The number of nitrogens with zero attached hydrogens (tertiary/aromatic N) is 2. The van der Waals surface area contributed by atoms with Gasteiger partial charge in [-0.2, -0.15) is 0 Å². The maximum atomic E-state index is 12.0. The molecule has 1 atom stereocenters. The molecule has 0 spiro atoms. The summed E-state index contributed by atoms with van der Waals surface area (Å²) in [5.74, 6) is -0.275. The number of nitro benzene ring substituents is 1. The van der Waals surface area contributed by atoms with Crippen molar-refractivity contribution in [1.29, 1.82) is 0 Å². The van der Waals surface area contributed by atoms with E-state index in [1.165, 1.54) is 23.1 Å². The minimum absolute atomic E-state index is 0.0643. The summed E-state index contributed by atoms with van der Waals surface area (Å²) in [6, 6.07) is 3.87. The van der Waals surface area contributed by atoms with E-state index in [4.69, 9.17) is 11.6 Å². The number of β-amino-alcohol motifs (C(OH)–C–C–N with tert-alkyl or cyclic N) is 1. The number of likely N-dealkylation sites (tertiary alicyclic amines) is 1. The van der Waals surface area contributed by atoms with Crippen LogP contribution in [0.1, 0.15) is 16.8 Å². The van der Waals surface area contributed by atoms with Crippen molar-refractivity contribution in [3.63, 3.8) is 0 Å². The van der Waals surface area contributed by atoms with Gasteiger partial charge in [0.2, 0.25) is 0 Å². The predicted molar refractivity (Wildman–Crippen MR) is 64.6 cm³/mol. The maximum absolute atomic E-state index is 12.0. The van der Waals surface area contributed by atoms with Crippen LogP contribution in [0.2, 0.25) is 5.02 Å². The van der Waals surface area contributed by atoms with Crippen LogP contribution in [0.15, 0.2) is 18.2 Å². The fourth-order valence-corrected chi connectivity index (χ4v) is 2.15. The van der Waals surface area contributed by atoms with E-state index in [1.54, 1.807) is 0 Å². The third-order valence-corrected chi connectivity index (χ3v) is 3.14. The first-order valence-electron chi connectivity index (χ1n) is 5.40. The van der Waals surface area contributed by atoms with E-state index in [2.05, 4.69) is 0 Å². The van der Waals surface area contributed by atoms with Crippen molar-refractivity contribution >= 4 is 23.2 Å². The standard InChI is InChI=1S/C11H11ClN2O4/c12-9-5-7(1-2-10(9)14(17)18)11(16)13-4-3-8(15)6-13/h1-2,5,8,15H,3-4,6H2/t8-/m1/s1. The van der Waals surface area contributed by atoms with Crippen molar-refractivity contribution < 1.29 is 14.8 Å². The zero-order valence-electron chi connectivity index (χ0n) is 9.38. The van der Waals surface area contributed by atoms with Crippen molar-refractivity contribution in [2.45, 2.75) is 12.5 Å². The number of halogens is 1. The molecule has 1 amide bonds. The lowest BCUT2D eigenvalue weighted by Gasteiger charge is -2.15. The van der Waals surface area contributed by atoms with E-state index >= 15 is 0 Å². The summed E-state index contributed by atoms with van der Waals surface area (Å²) in [5, 5.41) is 19.9. The highest BCUT2D eigenvalue weighted by Gasteiger charge is 2.26. The Kier molecular flexibility index (Phi) is 3.49. The molecule has 96 valence electrons. The van der Waals surface area contributed by atoms with Crippen molar-refractivity contribution in [2.24, 2.45) is 0 Å². The number of benzene rings is 1. The molecule has 1 N–H and O–H groups in total. The molecule has 1 fully saturated rings. The molecule has 2 rings (SSSR count). The smallest absolute Gasteiger partial charge is 0.287 e. The van der Waals surface area contributed by atoms with E-state index < -0.39 is 11.0 Å². The summed E-state index contributed by atoms with van der Waals surface area (Å²) in [5.41, 5.74) is 0.0642. The Morgan fingerprint density at radius 2 is 2.28 bits per heavy atom. The average Bonchev–Trinajstić information content (AvgIpc) is 2.74. The molecular weight excluding hydrogens is 260 g/mol. The number of carbonyl (C=O) groups excluding carboxylic acids is 1. The number of carbonyl (C=O) groups is 1. The minimum Gasteiger partial charge on any atom is -0.391 e. The van der Waals surface area contributed by atoms with Crippen molar-refractivity contribution in [1.82, 2.24) is 4.90 Å². The number of hydrogen-bond donors (Lipinski definition) is 1. The molecular formula is C11H11ClN2O4. The molecule has 1 aromatic rings. The Balaban J connectivity index is 2.21. The highest BCUT2D eigenvalue weighted by molar-refractivity contribution is 6.33. The van der Waals surface area contributed by atoms with Crippen molar-refractivity contribution in [3.05, 3.63) is 38.9 Å². The van der Waals surface area contributed by atoms with Gasteiger partial charge < -0.3 is 10.0 Å². The number of aliphatic hydroxyl groups is 1. The van der Waals surface area contributed by atoms with Gasteiger partial charge in [0.05, 0.1) is 11.0 Å². The summed E-state index contributed by atoms with van der Waals surface area (Å²) >= 11 is 5.74. The lowest BCUT2D eigenvalue weighted by Crippen LogP contribution is -2.29. The SMILES string of the molecule is O=C(c1ccc([N+](=O)[O-])c(Cl)c1)N1CC[C@@H](O)C1. The van der Waals surface area contributed by atoms with Crippen LogP contribution >= 0.6 is 11.6 Å². The van der Waals surface area contributed by atoms with Gasteiger partial charge in [0, 0.05) is 24.7 Å². The zero-order chi connectivity index (χ0) is 13.3. The normalized spacial score (nSPS) is 19.0. The monoisotopic (exact) mass is 270 g/mol. The molecule has 1 aromatic carbocycles. The molecule has 1 aliphatic rings. The number of nitro groups is 1. The predicted octanol–water partition coefficient (Wildman–Crippen LogP) is 1.45. The van der Waals surface area contributed by atoms with Gasteiger partial charge in [-0.05, 0) is 18.6 Å². The van der Waals surface area contributed by atoms with Crippen LogP contribution < -0.4 is 0 Å². The molecule has 0 saturated carbocycles. The summed E-state index contributed by atoms with van der Waals surface area (Å²) in [4.78, 5) is 23.5. The second-order valence-corrected chi connectivity index (χ2v) is 4.52. The number of aliphatic hydroxyl groups excluding tert-OH is 1. The molecule has 0 radical (unpaired) electrons. The van der Waals surface area contributed by atoms with E-state index in [0.717, 1.165) is 0 Å². The Bertz CT molecular complexity index is 506. The first-order chi connectivity index (χ1) is 8.49. The number of hydrogen-bond acceptors (Lipinski definition) is 4. The molecule has 18 heavy (non-hydrogen) atoms. The van der Waals surface area contributed by atoms with Gasteiger partial charge in [0.15, 0.2) is 0 Å². The van der Waals surface area contributed by atoms with E-state index in [1.807, 2.05) is 0 Å². The topological polar surface area (TPSA) is 83.7 Å². The Labute approximate surface area is 108 Å². The van der Waals surface area contributed by atoms with Crippen molar-refractivity contribution in [2.75, 3.05) is 13.1 Å². The molecule has 0 aliphatic carbocycles. The third kappa shape index (κ3) is 2.44. The summed E-state index contributed by atoms with van der Waals surface area (Å²) in [7, 11) is 0. The molecule has 7 heteroatoms. The molecule has 1 saturated heterocycles. The van der Waals surface area contributed by atoms with Crippen LogP contribution in [0.25, 0.3) is 0 Å². The quantitative estimate of drug-likeness (QED) is 0.651.